The summed E-state index contributed by atoms with van der Waals surface area (Å²) in [6.07, 6.45) is -0.186. The molecule has 94 valence electrons. The van der Waals surface area contributed by atoms with Gasteiger partial charge in [0.05, 0.1) is 18.9 Å². The zero-order valence-electron chi connectivity index (χ0n) is 9.58. The fourth-order valence-electron chi connectivity index (χ4n) is 1.99. The third kappa shape index (κ3) is 3.34. The van der Waals surface area contributed by atoms with Crippen LogP contribution in [0.2, 0.25) is 0 Å². The molecule has 1 N–H and O–H groups in total. The molecule has 0 bridgehead atoms. The first kappa shape index (κ1) is 13.2. The lowest BCUT2D eigenvalue weighted by atomic mass is 10.0. The summed E-state index contributed by atoms with van der Waals surface area (Å²) in [5.41, 5.74) is 0. The Bertz CT molecular complexity index is 364. The van der Waals surface area contributed by atoms with Crippen molar-refractivity contribution in [1.82, 2.24) is 4.90 Å². The van der Waals surface area contributed by atoms with Crippen molar-refractivity contribution in [3.8, 4) is 0 Å². The number of rotatable bonds is 3. The highest BCUT2D eigenvalue weighted by Crippen LogP contribution is 2.26. The van der Waals surface area contributed by atoms with E-state index in [1.165, 1.54) is 4.90 Å². The molecule has 0 spiro atoms. The Labute approximate surface area is 95.3 Å². The van der Waals surface area contributed by atoms with Crippen LogP contribution in [0.1, 0.15) is 20.3 Å². The first-order chi connectivity index (χ1) is 7.20. The van der Waals surface area contributed by atoms with Crippen LogP contribution in [0, 0.1) is 5.92 Å². The van der Waals surface area contributed by atoms with Gasteiger partial charge in [0.15, 0.2) is 0 Å². The van der Waals surface area contributed by atoms with Crippen LogP contribution in [0.15, 0.2) is 0 Å². The zero-order chi connectivity index (χ0) is 12.5. The second-order valence-electron chi connectivity index (χ2n) is 4.40. The van der Waals surface area contributed by atoms with Crippen molar-refractivity contribution < 1.29 is 22.5 Å². The molecule has 1 heterocycles. The zero-order valence-corrected chi connectivity index (χ0v) is 10.4. The fourth-order valence-corrected chi connectivity index (χ4v) is 2.63. The van der Waals surface area contributed by atoms with E-state index in [1.807, 2.05) is 13.8 Å². The number of hydrogen-bond donors (Lipinski definition) is 1. The Balaban J connectivity index is 2.73. The first-order valence-corrected chi connectivity index (χ1v) is 6.90. The Kier molecular flexibility index (Phi) is 3.80. The van der Waals surface area contributed by atoms with Crippen LogP contribution >= 0.6 is 0 Å². The highest BCUT2D eigenvalue weighted by molar-refractivity contribution is 7.86. The standard InChI is InChI=1S/C9H17NO5S/c1-6(2)8-4-7(15-16(3,13)14)5-10(8)9(11)12/h6-8H,4-5H2,1-3H3,(H,11,12)/t7-,8+/m0/s1. The topological polar surface area (TPSA) is 83.9 Å². The Hall–Kier alpha value is -0.820. The van der Waals surface area contributed by atoms with Gasteiger partial charge in [0.1, 0.15) is 0 Å². The maximum absolute atomic E-state index is 11.0. The lowest BCUT2D eigenvalue weighted by molar-refractivity contribution is 0.126. The Morgan fingerprint density at radius 3 is 2.38 bits per heavy atom. The van der Waals surface area contributed by atoms with Gasteiger partial charge in [-0.2, -0.15) is 8.42 Å². The maximum Gasteiger partial charge on any atom is 0.407 e. The van der Waals surface area contributed by atoms with Crippen LogP contribution in [-0.4, -0.2) is 49.5 Å². The van der Waals surface area contributed by atoms with Crippen molar-refractivity contribution in [1.29, 1.82) is 0 Å². The summed E-state index contributed by atoms with van der Waals surface area (Å²) >= 11 is 0. The summed E-state index contributed by atoms with van der Waals surface area (Å²) in [7, 11) is -3.53. The summed E-state index contributed by atoms with van der Waals surface area (Å²) < 4.78 is 26.7. The van der Waals surface area contributed by atoms with Crippen molar-refractivity contribution in [2.75, 3.05) is 12.8 Å². The van der Waals surface area contributed by atoms with E-state index < -0.39 is 22.3 Å². The summed E-state index contributed by atoms with van der Waals surface area (Å²) in [5, 5.41) is 8.97. The fraction of sp³-hybridized carbons (Fsp3) is 0.889. The molecule has 6 nitrogen and oxygen atoms in total. The molecule has 0 aromatic heterocycles. The van der Waals surface area contributed by atoms with E-state index in [4.69, 9.17) is 9.29 Å². The molecule has 1 saturated heterocycles. The van der Waals surface area contributed by atoms with Gasteiger partial charge >= 0.3 is 6.09 Å². The molecule has 2 atom stereocenters. The molecule has 0 radical (unpaired) electrons. The Morgan fingerprint density at radius 1 is 1.50 bits per heavy atom. The molecule has 0 aliphatic carbocycles. The number of carbonyl (C=O) groups is 1. The van der Waals surface area contributed by atoms with Crippen molar-refractivity contribution in [3.05, 3.63) is 0 Å². The van der Waals surface area contributed by atoms with Crippen LogP contribution < -0.4 is 0 Å². The highest BCUT2D eigenvalue weighted by Gasteiger charge is 2.38. The lowest BCUT2D eigenvalue weighted by Gasteiger charge is -2.23. The molecule has 1 rings (SSSR count). The van der Waals surface area contributed by atoms with E-state index in [9.17, 15) is 13.2 Å². The van der Waals surface area contributed by atoms with Gasteiger partial charge in [-0.15, -0.1) is 0 Å². The molecule has 7 heteroatoms. The predicted molar refractivity (Wildman–Crippen MR) is 57.7 cm³/mol. The molecule has 0 unspecified atom stereocenters. The van der Waals surface area contributed by atoms with E-state index in [0.717, 1.165) is 6.26 Å². The second kappa shape index (κ2) is 4.58. The number of carboxylic acid groups (broad SMARTS) is 1. The third-order valence-corrected chi connectivity index (χ3v) is 3.25. The maximum atomic E-state index is 11.0. The highest BCUT2D eigenvalue weighted by atomic mass is 32.2. The van der Waals surface area contributed by atoms with Gasteiger partial charge < -0.3 is 10.0 Å². The van der Waals surface area contributed by atoms with E-state index in [1.54, 1.807) is 0 Å². The molecule has 0 aromatic rings. The van der Waals surface area contributed by atoms with E-state index >= 15 is 0 Å². The second-order valence-corrected chi connectivity index (χ2v) is 6.01. The van der Waals surface area contributed by atoms with Gasteiger partial charge in [-0.3, -0.25) is 4.18 Å². The van der Waals surface area contributed by atoms with Crippen LogP contribution in [0.25, 0.3) is 0 Å². The van der Waals surface area contributed by atoms with Crippen molar-refractivity contribution in [2.45, 2.75) is 32.4 Å². The van der Waals surface area contributed by atoms with E-state index in [0.29, 0.717) is 6.42 Å². The molecule has 0 saturated carbocycles. The van der Waals surface area contributed by atoms with Gasteiger partial charge in [0.25, 0.3) is 10.1 Å². The smallest absolute Gasteiger partial charge is 0.407 e. The number of amides is 1. The molecular formula is C9H17NO5S. The summed E-state index contributed by atoms with van der Waals surface area (Å²) in [4.78, 5) is 12.2. The molecule has 1 amide bonds. The molecule has 1 fully saturated rings. The molecular weight excluding hydrogens is 234 g/mol. The summed E-state index contributed by atoms with van der Waals surface area (Å²) in [5.74, 6) is 0.143. The van der Waals surface area contributed by atoms with Crippen molar-refractivity contribution in [2.24, 2.45) is 5.92 Å². The molecule has 0 aromatic carbocycles. The number of nitrogens with zero attached hydrogens (tertiary/aromatic N) is 1. The van der Waals surface area contributed by atoms with Crippen molar-refractivity contribution in [3.63, 3.8) is 0 Å². The van der Waals surface area contributed by atoms with Gasteiger partial charge in [0, 0.05) is 6.04 Å². The first-order valence-electron chi connectivity index (χ1n) is 5.08. The van der Waals surface area contributed by atoms with Crippen LogP contribution in [0.3, 0.4) is 0 Å². The molecule has 16 heavy (non-hydrogen) atoms. The summed E-state index contributed by atoms with van der Waals surface area (Å²) in [6, 6.07) is -0.177. The minimum atomic E-state index is -3.53. The number of likely N-dealkylation sites (tertiary alicyclic amines) is 1. The van der Waals surface area contributed by atoms with Gasteiger partial charge in [-0.05, 0) is 12.3 Å². The van der Waals surface area contributed by atoms with Crippen LogP contribution in [-0.2, 0) is 14.3 Å². The Morgan fingerprint density at radius 2 is 2.06 bits per heavy atom. The predicted octanol–water partition coefficient (Wildman–Crippen LogP) is 0.740. The van der Waals surface area contributed by atoms with Gasteiger partial charge in [-0.25, -0.2) is 4.79 Å². The van der Waals surface area contributed by atoms with Gasteiger partial charge in [0.2, 0.25) is 0 Å². The molecule has 1 aliphatic rings. The average Bonchev–Trinajstić information content (AvgIpc) is 2.44. The SMILES string of the molecule is CC(C)[C@H]1C[C@H](OS(C)(=O)=O)CN1C(=O)O. The van der Waals surface area contributed by atoms with E-state index in [2.05, 4.69) is 0 Å². The molecule has 1 aliphatic heterocycles. The summed E-state index contributed by atoms with van der Waals surface area (Å²) in [6.45, 7) is 3.93. The van der Waals surface area contributed by atoms with Crippen molar-refractivity contribution >= 4 is 16.2 Å². The van der Waals surface area contributed by atoms with Crippen LogP contribution in [0.5, 0.6) is 0 Å². The quantitative estimate of drug-likeness (QED) is 0.748. The van der Waals surface area contributed by atoms with Gasteiger partial charge in [-0.1, -0.05) is 13.8 Å². The average molecular weight is 251 g/mol. The number of hydrogen-bond acceptors (Lipinski definition) is 4. The van der Waals surface area contributed by atoms with Crippen LogP contribution in [0.4, 0.5) is 4.79 Å². The van der Waals surface area contributed by atoms with E-state index in [-0.39, 0.29) is 18.5 Å². The minimum Gasteiger partial charge on any atom is -0.465 e. The minimum absolute atomic E-state index is 0.116. The monoisotopic (exact) mass is 251 g/mol. The largest absolute Gasteiger partial charge is 0.465 e. The normalized spacial score (nSPS) is 26.4. The third-order valence-electron chi connectivity index (χ3n) is 2.63. The lowest BCUT2D eigenvalue weighted by Crippen LogP contribution is -2.37.